The lowest BCUT2D eigenvalue weighted by molar-refractivity contribution is -0.0648. The Kier molecular flexibility index (Phi) is 5.63. The van der Waals surface area contributed by atoms with Gasteiger partial charge in [0.15, 0.2) is 0 Å². The highest BCUT2D eigenvalue weighted by Gasteiger charge is 2.33. The van der Waals surface area contributed by atoms with Crippen LogP contribution in [0.3, 0.4) is 0 Å². The van der Waals surface area contributed by atoms with Crippen molar-refractivity contribution in [1.82, 2.24) is 14.9 Å². The van der Waals surface area contributed by atoms with Crippen LogP contribution in [-0.4, -0.2) is 58.5 Å². The average molecular weight is 343 g/mol. The molecule has 1 atom stereocenters. The molecule has 0 unspecified atom stereocenters. The van der Waals surface area contributed by atoms with Crippen LogP contribution in [0.2, 0.25) is 0 Å². The van der Waals surface area contributed by atoms with Gasteiger partial charge in [-0.15, -0.1) is 0 Å². The average Bonchev–Trinajstić information content (AvgIpc) is 2.76. The van der Waals surface area contributed by atoms with Crippen LogP contribution in [-0.2, 0) is 11.3 Å². The highest BCUT2D eigenvalue weighted by atomic mass is 16.5. The van der Waals surface area contributed by atoms with Gasteiger partial charge in [0.2, 0.25) is 0 Å². The van der Waals surface area contributed by atoms with Crippen LogP contribution in [0, 0.1) is 13.8 Å². The van der Waals surface area contributed by atoms with Crippen molar-refractivity contribution >= 4 is 0 Å². The lowest BCUT2D eigenvalue weighted by Gasteiger charge is -2.30. The molecule has 0 radical (unpaired) electrons. The minimum atomic E-state index is -1.05. The summed E-state index contributed by atoms with van der Waals surface area (Å²) in [4.78, 5) is 10.7. The molecule has 1 fully saturated rings. The van der Waals surface area contributed by atoms with E-state index in [0.717, 1.165) is 29.4 Å². The fourth-order valence-electron chi connectivity index (χ4n) is 2.97. The third kappa shape index (κ3) is 4.98. The summed E-state index contributed by atoms with van der Waals surface area (Å²) in [5, 5.41) is 11.0. The first kappa shape index (κ1) is 17.8. The Morgan fingerprint density at radius 1 is 1.28 bits per heavy atom. The Labute approximate surface area is 148 Å². The molecule has 0 spiro atoms. The van der Waals surface area contributed by atoms with Crippen LogP contribution >= 0.6 is 0 Å². The topological polar surface area (TPSA) is 67.7 Å². The number of rotatable bonds is 5. The normalized spacial score (nSPS) is 21.7. The number of nitrogens with zero attached hydrogens (tertiary/aromatic N) is 3. The molecule has 6 nitrogen and oxygen atoms in total. The van der Waals surface area contributed by atoms with E-state index in [4.69, 9.17) is 9.47 Å². The minimum absolute atomic E-state index is 0.192. The van der Waals surface area contributed by atoms with Crippen LogP contribution in [0.15, 0.2) is 36.5 Å². The molecule has 0 amide bonds. The van der Waals surface area contributed by atoms with Gasteiger partial charge in [0.05, 0.1) is 18.9 Å². The van der Waals surface area contributed by atoms with Gasteiger partial charge in [-0.1, -0.05) is 18.2 Å². The lowest BCUT2D eigenvalue weighted by atomic mass is 10.1. The van der Waals surface area contributed by atoms with Gasteiger partial charge in [-0.3, -0.25) is 4.90 Å². The predicted octanol–water partition coefficient (Wildman–Crippen LogP) is 1.74. The number of hydrogen-bond acceptors (Lipinski definition) is 6. The molecule has 0 aliphatic carbocycles. The van der Waals surface area contributed by atoms with Crippen molar-refractivity contribution in [2.45, 2.75) is 26.0 Å². The summed E-state index contributed by atoms with van der Waals surface area (Å²) in [5.74, 6) is 1.54. The van der Waals surface area contributed by atoms with Crippen molar-refractivity contribution in [2.24, 2.45) is 0 Å². The van der Waals surface area contributed by atoms with E-state index in [0.29, 0.717) is 19.7 Å². The maximum absolute atomic E-state index is 11.0. The molecular weight excluding hydrogens is 318 g/mol. The molecule has 2 heterocycles. The Hall–Kier alpha value is -2.02. The Balaban J connectivity index is 1.64. The molecule has 25 heavy (non-hydrogen) atoms. The van der Waals surface area contributed by atoms with E-state index in [1.807, 2.05) is 44.2 Å². The summed E-state index contributed by atoms with van der Waals surface area (Å²) in [5.41, 5.74) is 0.937. The molecule has 1 aliphatic heterocycles. The van der Waals surface area contributed by atoms with Gasteiger partial charge in [-0.25, -0.2) is 9.97 Å². The third-order valence-electron chi connectivity index (χ3n) is 4.25. The SMILES string of the molecule is Cc1nccc(CN2CCOC[C@@](O)(COc3ccccc3C)C2)n1. The number of aryl methyl sites for hydroxylation is 2. The first-order valence-corrected chi connectivity index (χ1v) is 8.54. The molecule has 2 aromatic rings. The van der Waals surface area contributed by atoms with Crippen LogP contribution < -0.4 is 4.74 Å². The number of aromatic nitrogens is 2. The highest BCUT2D eigenvalue weighted by molar-refractivity contribution is 5.31. The summed E-state index contributed by atoms with van der Waals surface area (Å²) < 4.78 is 11.5. The third-order valence-corrected chi connectivity index (χ3v) is 4.25. The molecule has 1 aromatic carbocycles. The smallest absolute Gasteiger partial charge is 0.134 e. The second kappa shape index (κ2) is 7.91. The number of β-amino-alcohol motifs (C(OH)–C–C–N with tert-alkyl or cyclic N) is 1. The minimum Gasteiger partial charge on any atom is -0.490 e. The second-order valence-electron chi connectivity index (χ2n) is 6.64. The highest BCUT2D eigenvalue weighted by Crippen LogP contribution is 2.20. The zero-order valence-electron chi connectivity index (χ0n) is 14.8. The first-order chi connectivity index (χ1) is 12.0. The van der Waals surface area contributed by atoms with Gasteiger partial charge in [-0.05, 0) is 31.5 Å². The molecule has 0 bridgehead atoms. The predicted molar refractivity (Wildman–Crippen MR) is 94.5 cm³/mol. The fourth-order valence-corrected chi connectivity index (χ4v) is 2.97. The maximum Gasteiger partial charge on any atom is 0.134 e. The molecular formula is C19H25N3O3. The molecule has 1 saturated heterocycles. The summed E-state index contributed by atoms with van der Waals surface area (Å²) >= 11 is 0. The zero-order valence-corrected chi connectivity index (χ0v) is 14.8. The molecule has 1 aliphatic rings. The van der Waals surface area contributed by atoms with E-state index >= 15 is 0 Å². The van der Waals surface area contributed by atoms with Gasteiger partial charge < -0.3 is 14.6 Å². The number of ether oxygens (including phenoxy) is 2. The second-order valence-corrected chi connectivity index (χ2v) is 6.64. The van der Waals surface area contributed by atoms with Crippen molar-refractivity contribution < 1.29 is 14.6 Å². The largest absolute Gasteiger partial charge is 0.490 e. The van der Waals surface area contributed by atoms with E-state index in [1.54, 1.807) is 6.20 Å². The monoisotopic (exact) mass is 343 g/mol. The van der Waals surface area contributed by atoms with Gasteiger partial charge in [-0.2, -0.15) is 0 Å². The molecule has 3 rings (SSSR count). The van der Waals surface area contributed by atoms with Crippen molar-refractivity contribution in [3.63, 3.8) is 0 Å². The van der Waals surface area contributed by atoms with E-state index < -0.39 is 5.60 Å². The van der Waals surface area contributed by atoms with Gasteiger partial charge in [0.25, 0.3) is 0 Å². The van der Waals surface area contributed by atoms with Crippen molar-refractivity contribution in [3.8, 4) is 5.75 Å². The van der Waals surface area contributed by atoms with E-state index in [9.17, 15) is 5.11 Å². The van der Waals surface area contributed by atoms with E-state index in [-0.39, 0.29) is 13.2 Å². The van der Waals surface area contributed by atoms with Crippen molar-refractivity contribution in [2.75, 3.05) is 32.9 Å². The van der Waals surface area contributed by atoms with Crippen LogP contribution in [0.5, 0.6) is 5.75 Å². The number of para-hydroxylation sites is 1. The van der Waals surface area contributed by atoms with Crippen LogP contribution in [0.25, 0.3) is 0 Å². The standard InChI is InChI=1S/C19H25N3O3/c1-15-5-3-4-6-18(15)25-14-19(23)12-22(9-10-24-13-19)11-17-7-8-20-16(2)21-17/h3-8,23H,9-14H2,1-2H3/t19-/m1/s1. The first-order valence-electron chi connectivity index (χ1n) is 8.54. The number of hydrogen-bond donors (Lipinski definition) is 1. The Morgan fingerprint density at radius 3 is 2.92 bits per heavy atom. The molecule has 1 aromatic heterocycles. The molecule has 6 heteroatoms. The van der Waals surface area contributed by atoms with E-state index in [1.165, 1.54) is 0 Å². The summed E-state index contributed by atoms with van der Waals surface area (Å²) in [6, 6.07) is 9.71. The number of benzene rings is 1. The summed E-state index contributed by atoms with van der Waals surface area (Å²) in [6.45, 7) is 6.78. The van der Waals surface area contributed by atoms with Crippen molar-refractivity contribution in [3.05, 3.63) is 53.6 Å². The Bertz CT molecular complexity index is 710. The summed E-state index contributed by atoms with van der Waals surface area (Å²) in [6.07, 6.45) is 1.76. The maximum atomic E-state index is 11.0. The zero-order chi connectivity index (χ0) is 17.7. The molecule has 134 valence electrons. The van der Waals surface area contributed by atoms with E-state index in [2.05, 4.69) is 14.9 Å². The fraction of sp³-hybridized carbons (Fsp3) is 0.474. The summed E-state index contributed by atoms with van der Waals surface area (Å²) in [7, 11) is 0. The van der Waals surface area contributed by atoms with Gasteiger partial charge in [0.1, 0.15) is 23.8 Å². The van der Waals surface area contributed by atoms with Crippen molar-refractivity contribution in [1.29, 1.82) is 0 Å². The molecule has 1 N–H and O–H groups in total. The quantitative estimate of drug-likeness (QED) is 0.892. The number of aliphatic hydroxyl groups is 1. The van der Waals surface area contributed by atoms with Gasteiger partial charge in [0, 0.05) is 25.8 Å². The van der Waals surface area contributed by atoms with Gasteiger partial charge >= 0.3 is 0 Å². The van der Waals surface area contributed by atoms with Crippen LogP contribution in [0.1, 0.15) is 17.1 Å². The lowest BCUT2D eigenvalue weighted by Crippen LogP contribution is -2.48. The molecule has 0 saturated carbocycles. The van der Waals surface area contributed by atoms with Crippen LogP contribution in [0.4, 0.5) is 0 Å². The Morgan fingerprint density at radius 2 is 2.12 bits per heavy atom.